The van der Waals surface area contributed by atoms with E-state index < -0.39 is 0 Å². The molecule has 0 radical (unpaired) electrons. The Bertz CT molecular complexity index is 756. The molecule has 0 amide bonds. The minimum atomic E-state index is 0.242. The number of aromatic nitrogens is 4. The van der Waals surface area contributed by atoms with E-state index in [2.05, 4.69) is 39.4 Å². The van der Waals surface area contributed by atoms with E-state index in [0.29, 0.717) is 0 Å². The number of hydrogen-bond donors (Lipinski definition) is 1. The van der Waals surface area contributed by atoms with Gasteiger partial charge in [-0.2, -0.15) is 10.2 Å². The molecule has 1 aliphatic heterocycles. The fourth-order valence-corrected chi connectivity index (χ4v) is 2.96. The summed E-state index contributed by atoms with van der Waals surface area (Å²) in [6.45, 7) is 0.954. The van der Waals surface area contributed by atoms with Crippen molar-refractivity contribution in [3.63, 3.8) is 0 Å². The SMILES string of the molecule is Cn1nccc1C1CCNc2cc(-c3ccccc3)nn21. The van der Waals surface area contributed by atoms with Crippen LogP contribution in [0.2, 0.25) is 0 Å². The van der Waals surface area contributed by atoms with Crippen molar-refractivity contribution < 1.29 is 0 Å². The molecule has 5 heteroatoms. The fraction of sp³-hybridized carbons (Fsp3) is 0.250. The van der Waals surface area contributed by atoms with E-state index in [0.717, 1.165) is 30.0 Å². The van der Waals surface area contributed by atoms with Gasteiger partial charge in [-0.1, -0.05) is 30.3 Å². The Morgan fingerprint density at radius 3 is 2.81 bits per heavy atom. The molecule has 1 unspecified atom stereocenters. The van der Waals surface area contributed by atoms with Crippen molar-refractivity contribution in [3.8, 4) is 11.3 Å². The van der Waals surface area contributed by atoms with Crippen molar-refractivity contribution in [2.75, 3.05) is 11.9 Å². The van der Waals surface area contributed by atoms with Crippen molar-refractivity contribution in [2.24, 2.45) is 7.05 Å². The van der Waals surface area contributed by atoms with Crippen LogP contribution in [0.5, 0.6) is 0 Å². The predicted octanol–water partition coefficient (Wildman–Crippen LogP) is 2.69. The topological polar surface area (TPSA) is 47.7 Å². The molecule has 2 aromatic heterocycles. The van der Waals surface area contributed by atoms with Crippen molar-refractivity contribution in [3.05, 3.63) is 54.4 Å². The number of rotatable bonds is 2. The van der Waals surface area contributed by atoms with E-state index >= 15 is 0 Å². The highest BCUT2D eigenvalue weighted by Gasteiger charge is 2.25. The Morgan fingerprint density at radius 1 is 1.19 bits per heavy atom. The second-order valence-electron chi connectivity index (χ2n) is 5.34. The van der Waals surface area contributed by atoms with Crippen LogP contribution >= 0.6 is 0 Å². The smallest absolute Gasteiger partial charge is 0.125 e. The highest BCUT2D eigenvalue weighted by atomic mass is 15.4. The van der Waals surface area contributed by atoms with E-state index in [1.54, 1.807) is 0 Å². The van der Waals surface area contributed by atoms with Crippen LogP contribution in [0.15, 0.2) is 48.7 Å². The zero-order valence-corrected chi connectivity index (χ0v) is 11.9. The second kappa shape index (κ2) is 4.77. The molecule has 5 nitrogen and oxygen atoms in total. The van der Waals surface area contributed by atoms with Crippen molar-refractivity contribution in [2.45, 2.75) is 12.5 Å². The van der Waals surface area contributed by atoms with Gasteiger partial charge in [-0.25, -0.2) is 4.68 Å². The van der Waals surface area contributed by atoms with Gasteiger partial charge in [-0.05, 0) is 12.5 Å². The van der Waals surface area contributed by atoms with Crippen LogP contribution in [0.3, 0.4) is 0 Å². The fourth-order valence-electron chi connectivity index (χ4n) is 2.96. The van der Waals surface area contributed by atoms with E-state index in [4.69, 9.17) is 5.10 Å². The predicted molar refractivity (Wildman–Crippen MR) is 82.1 cm³/mol. The lowest BCUT2D eigenvalue weighted by atomic mass is 10.1. The Balaban J connectivity index is 1.79. The van der Waals surface area contributed by atoms with Crippen LogP contribution in [0.1, 0.15) is 18.2 Å². The van der Waals surface area contributed by atoms with Crippen molar-refractivity contribution in [1.29, 1.82) is 0 Å². The molecule has 3 aromatic rings. The Hall–Kier alpha value is -2.56. The maximum Gasteiger partial charge on any atom is 0.125 e. The van der Waals surface area contributed by atoms with Crippen LogP contribution in [0.4, 0.5) is 5.82 Å². The molecule has 0 saturated heterocycles. The number of anilines is 1. The Morgan fingerprint density at radius 2 is 2.05 bits per heavy atom. The first-order valence-corrected chi connectivity index (χ1v) is 7.19. The van der Waals surface area contributed by atoms with Crippen molar-refractivity contribution in [1.82, 2.24) is 19.6 Å². The molecule has 21 heavy (non-hydrogen) atoms. The van der Waals surface area contributed by atoms with E-state index in [1.807, 2.05) is 36.1 Å². The summed E-state index contributed by atoms with van der Waals surface area (Å²) in [5.41, 5.74) is 3.34. The number of benzene rings is 1. The molecule has 0 bridgehead atoms. The highest BCUT2D eigenvalue weighted by molar-refractivity contribution is 5.63. The third kappa shape index (κ3) is 2.01. The molecule has 0 spiro atoms. The summed E-state index contributed by atoms with van der Waals surface area (Å²) in [5, 5.41) is 12.5. The van der Waals surface area contributed by atoms with Gasteiger partial charge in [0.1, 0.15) is 5.82 Å². The molecule has 0 fully saturated rings. The van der Waals surface area contributed by atoms with Gasteiger partial charge in [0.05, 0.1) is 17.4 Å². The lowest BCUT2D eigenvalue weighted by Gasteiger charge is -2.25. The maximum atomic E-state index is 4.81. The van der Waals surface area contributed by atoms with Gasteiger partial charge in [-0.15, -0.1) is 0 Å². The van der Waals surface area contributed by atoms with Crippen LogP contribution in [-0.4, -0.2) is 26.1 Å². The number of nitrogens with zero attached hydrogens (tertiary/aromatic N) is 4. The summed E-state index contributed by atoms with van der Waals surface area (Å²) in [5.74, 6) is 1.08. The first-order valence-electron chi connectivity index (χ1n) is 7.19. The van der Waals surface area contributed by atoms with Gasteiger partial charge in [0.25, 0.3) is 0 Å². The molecule has 1 N–H and O–H groups in total. The van der Waals surface area contributed by atoms with E-state index in [9.17, 15) is 0 Å². The van der Waals surface area contributed by atoms with Crippen molar-refractivity contribution >= 4 is 5.82 Å². The molecule has 106 valence electrons. The first-order chi connectivity index (χ1) is 10.3. The quantitative estimate of drug-likeness (QED) is 0.784. The third-order valence-electron chi connectivity index (χ3n) is 4.02. The zero-order chi connectivity index (χ0) is 14.2. The van der Waals surface area contributed by atoms with Crippen LogP contribution in [0, 0.1) is 0 Å². The molecular formula is C16H17N5. The maximum absolute atomic E-state index is 4.81. The second-order valence-corrected chi connectivity index (χ2v) is 5.34. The Labute approximate surface area is 123 Å². The molecule has 0 saturated carbocycles. The summed E-state index contributed by atoms with van der Waals surface area (Å²) in [7, 11) is 1.98. The summed E-state index contributed by atoms with van der Waals surface area (Å²) < 4.78 is 4.02. The summed E-state index contributed by atoms with van der Waals surface area (Å²) in [6.07, 6.45) is 2.86. The Kier molecular flexibility index (Phi) is 2.77. The molecule has 1 aliphatic rings. The van der Waals surface area contributed by atoms with Crippen LogP contribution in [0.25, 0.3) is 11.3 Å². The van der Waals surface area contributed by atoms with Crippen LogP contribution in [-0.2, 0) is 7.05 Å². The third-order valence-corrected chi connectivity index (χ3v) is 4.02. The van der Waals surface area contributed by atoms with Gasteiger partial charge >= 0.3 is 0 Å². The number of nitrogens with one attached hydrogen (secondary N) is 1. The van der Waals surface area contributed by atoms with E-state index in [1.165, 1.54) is 5.69 Å². The first kappa shape index (κ1) is 12.2. The average Bonchev–Trinajstić information content (AvgIpc) is 3.14. The van der Waals surface area contributed by atoms with Crippen LogP contribution < -0.4 is 5.32 Å². The van der Waals surface area contributed by atoms with Gasteiger partial charge in [0.15, 0.2) is 0 Å². The summed E-state index contributed by atoms with van der Waals surface area (Å²) in [6, 6.07) is 14.7. The molecular weight excluding hydrogens is 262 g/mol. The molecule has 3 heterocycles. The van der Waals surface area contributed by atoms with Gasteiger partial charge < -0.3 is 5.32 Å². The van der Waals surface area contributed by atoms with E-state index in [-0.39, 0.29) is 6.04 Å². The minimum Gasteiger partial charge on any atom is -0.370 e. The number of aryl methyl sites for hydroxylation is 1. The lowest BCUT2D eigenvalue weighted by Crippen LogP contribution is -2.25. The largest absolute Gasteiger partial charge is 0.370 e. The van der Waals surface area contributed by atoms with Gasteiger partial charge in [0, 0.05) is 31.4 Å². The average molecular weight is 279 g/mol. The normalized spacial score (nSPS) is 17.3. The standard InChI is InChI=1S/C16H17N5/c1-20-14(8-10-18-20)15-7-9-17-16-11-13(19-21(15)16)12-5-3-2-4-6-12/h2-6,8,10-11,15,17H,7,9H2,1H3. The van der Waals surface area contributed by atoms with Gasteiger partial charge in [-0.3, -0.25) is 4.68 Å². The number of fused-ring (bicyclic) bond motifs is 1. The molecule has 4 rings (SSSR count). The minimum absolute atomic E-state index is 0.242. The number of hydrogen-bond acceptors (Lipinski definition) is 3. The molecule has 1 atom stereocenters. The molecule has 0 aliphatic carbocycles. The van der Waals surface area contributed by atoms with Gasteiger partial charge in [0.2, 0.25) is 0 Å². The monoisotopic (exact) mass is 279 g/mol. The lowest BCUT2D eigenvalue weighted by molar-refractivity contribution is 0.453. The molecule has 1 aromatic carbocycles. The highest BCUT2D eigenvalue weighted by Crippen LogP contribution is 2.32. The zero-order valence-electron chi connectivity index (χ0n) is 11.9. The summed E-state index contributed by atoms with van der Waals surface area (Å²) >= 11 is 0. The summed E-state index contributed by atoms with van der Waals surface area (Å²) in [4.78, 5) is 0.